The van der Waals surface area contributed by atoms with Crippen LogP contribution in [0.15, 0.2) is 53.4 Å². The van der Waals surface area contributed by atoms with E-state index in [0.29, 0.717) is 5.69 Å². The van der Waals surface area contributed by atoms with Gasteiger partial charge >= 0.3 is 0 Å². The van der Waals surface area contributed by atoms with Gasteiger partial charge in [0.15, 0.2) is 6.04 Å². The average Bonchev–Trinajstić information content (AvgIpc) is 2.67. The van der Waals surface area contributed by atoms with Crippen LogP contribution in [0.25, 0.3) is 0 Å². The molecule has 156 valence electrons. The highest BCUT2D eigenvalue weighted by atomic mass is 32.2. The standard InChI is InChI=1S/C22H29N3O3S/c1-15(2)25-29(27,28)19-13-11-18(12-14-19)24-22(26)16(3)23-21-10-6-8-17-7-4-5-9-20(17)21/h4-5,7,9,11-16,21,23,25H,6,8,10H2,1-3H3,(H,24,26)/p+1/t16-,21-/m1/s1. The molecule has 2 aromatic carbocycles. The maximum Gasteiger partial charge on any atom is 0.282 e. The van der Waals surface area contributed by atoms with Gasteiger partial charge in [0, 0.05) is 23.7 Å². The van der Waals surface area contributed by atoms with Crippen LogP contribution in [0.4, 0.5) is 5.69 Å². The summed E-state index contributed by atoms with van der Waals surface area (Å²) in [5, 5.41) is 5.01. The average molecular weight is 417 g/mol. The molecule has 0 saturated heterocycles. The van der Waals surface area contributed by atoms with Gasteiger partial charge in [0.05, 0.1) is 4.90 Å². The predicted octanol–water partition coefficient (Wildman–Crippen LogP) is 2.34. The number of hydrogen-bond acceptors (Lipinski definition) is 3. The minimum atomic E-state index is -3.54. The van der Waals surface area contributed by atoms with Crippen LogP contribution in [0, 0.1) is 0 Å². The Morgan fingerprint density at radius 2 is 1.76 bits per heavy atom. The molecular weight excluding hydrogens is 386 g/mol. The number of carbonyl (C=O) groups is 1. The number of aryl methyl sites for hydroxylation is 1. The molecule has 1 aliphatic rings. The fourth-order valence-corrected chi connectivity index (χ4v) is 5.03. The maximum atomic E-state index is 12.7. The molecule has 0 unspecified atom stereocenters. The molecule has 2 aromatic rings. The lowest BCUT2D eigenvalue weighted by atomic mass is 9.87. The Balaban J connectivity index is 1.62. The minimum absolute atomic E-state index is 0.0935. The molecule has 0 saturated carbocycles. The first-order chi connectivity index (χ1) is 13.8. The molecule has 0 spiro atoms. The molecule has 4 N–H and O–H groups in total. The molecule has 3 rings (SSSR count). The Labute approximate surface area is 173 Å². The number of nitrogens with two attached hydrogens (primary N) is 1. The summed E-state index contributed by atoms with van der Waals surface area (Å²) in [5.74, 6) is -0.0935. The molecule has 0 aliphatic heterocycles. The summed E-state index contributed by atoms with van der Waals surface area (Å²) < 4.78 is 27.0. The molecule has 0 radical (unpaired) electrons. The van der Waals surface area contributed by atoms with Gasteiger partial charge in [-0.3, -0.25) is 4.79 Å². The Morgan fingerprint density at radius 3 is 2.45 bits per heavy atom. The van der Waals surface area contributed by atoms with Crippen molar-refractivity contribution >= 4 is 21.6 Å². The van der Waals surface area contributed by atoms with Crippen molar-refractivity contribution in [2.24, 2.45) is 0 Å². The van der Waals surface area contributed by atoms with Gasteiger partial charge in [0.2, 0.25) is 10.0 Å². The van der Waals surface area contributed by atoms with E-state index >= 15 is 0 Å². The topological polar surface area (TPSA) is 91.9 Å². The third-order valence-corrected chi connectivity index (χ3v) is 6.85. The van der Waals surface area contributed by atoms with Crippen LogP contribution in [-0.2, 0) is 21.2 Å². The highest BCUT2D eigenvalue weighted by molar-refractivity contribution is 7.89. The lowest BCUT2D eigenvalue weighted by molar-refractivity contribution is -0.714. The first-order valence-corrected chi connectivity index (χ1v) is 11.6. The van der Waals surface area contributed by atoms with Gasteiger partial charge < -0.3 is 10.6 Å². The monoisotopic (exact) mass is 416 g/mol. The predicted molar refractivity (Wildman–Crippen MR) is 114 cm³/mol. The van der Waals surface area contributed by atoms with E-state index in [1.165, 1.54) is 23.3 Å². The summed E-state index contributed by atoms with van der Waals surface area (Å²) >= 11 is 0. The molecule has 2 atom stereocenters. The van der Waals surface area contributed by atoms with Crippen LogP contribution in [0.3, 0.4) is 0 Å². The number of fused-ring (bicyclic) bond motifs is 1. The summed E-state index contributed by atoms with van der Waals surface area (Å²) in [6.45, 7) is 5.45. The Kier molecular flexibility index (Phi) is 6.72. The van der Waals surface area contributed by atoms with Crippen molar-refractivity contribution in [1.29, 1.82) is 0 Å². The second kappa shape index (κ2) is 9.07. The van der Waals surface area contributed by atoms with Crippen molar-refractivity contribution in [2.45, 2.75) is 63.1 Å². The van der Waals surface area contributed by atoms with Gasteiger partial charge in [-0.05, 0) is 63.4 Å². The smallest absolute Gasteiger partial charge is 0.282 e. The van der Waals surface area contributed by atoms with Crippen molar-refractivity contribution in [3.05, 3.63) is 59.7 Å². The normalized spacial score (nSPS) is 17.6. The fourth-order valence-electron chi connectivity index (χ4n) is 3.78. The number of benzene rings is 2. The number of hydrogen-bond donors (Lipinski definition) is 3. The van der Waals surface area contributed by atoms with Crippen LogP contribution in [0.2, 0.25) is 0 Å². The van der Waals surface area contributed by atoms with E-state index in [9.17, 15) is 13.2 Å². The molecule has 6 nitrogen and oxygen atoms in total. The number of anilines is 1. The lowest BCUT2D eigenvalue weighted by Gasteiger charge is -2.26. The van der Waals surface area contributed by atoms with Crippen LogP contribution >= 0.6 is 0 Å². The molecular formula is C22H30N3O3S+. The van der Waals surface area contributed by atoms with E-state index in [4.69, 9.17) is 0 Å². The van der Waals surface area contributed by atoms with Crippen molar-refractivity contribution in [3.63, 3.8) is 0 Å². The zero-order chi connectivity index (χ0) is 21.0. The second-order valence-electron chi connectivity index (χ2n) is 7.97. The van der Waals surface area contributed by atoms with E-state index in [0.717, 1.165) is 19.3 Å². The quantitative estimate of drug-likeness (QED) is 0.647. The number of amides is 1. The molecule has 0 bridgehead atoms. The molecule has 7 heteroatoms. The first-order valence-electron chi connectivity index (χ1n) is 10.1. The van der Waals surface area contributed by atoms with Crippen LogP contribution < -0.4 is 15.4 Å². The SMILES string of the molecule is CC(C)NS(=O)(=O)c1ccc(NC(=O)[C@@H](C)[NH2+][C@@H]2CCCc3ccccc32)cc1. The van der Waals surface area contributed by atoms with Crippen LogP contribution in [-0.4, -0.2) is 26.4 Å². The minimum Gasteiger partial charge on any atom is -0.330 e. The highest BCUT2D eigenvalue weighted by Gasteiger charge is 2.27. The van der Waals surface area contributed by atoms with E-state index in [2.05, 4.69) is 39.6 Å². The highest BCUT2D eigenvalue weighted by Crippen LogP contribution is 2.26. The number of sulfonamides is 1. The fraction of sp³-hybridized carbons (Fsp3) is 0.409. The molecule has 1 aliphatic carbocycles. The number of quaternary nitrogens is 1. The second-order valence-corrected chi connectivity index (χ2v) is 9.68. The van der Waals surface area contributed by atoms with Crippen molar-refractivity contribution in [3.8, 4) is 0 Å². The van der Waals surface area contributed by atoms with E-state index in [1.807, 2.05) is 6.92 Å². The first kappa shape index (κ1) is 21.5. The summed E-state index contributed by atoms with van der Waals surface area (Å²) in [6, 6.07) is 14.6. The third-order valence-electron chi connectivity index (χ3n) is 5.17. The van der Waals surface area contributed by atoms with Crippen molar-refractivity contribution < 1.29 is 18.5 Å². The largest absolute Gasteiger partial charge is 0.330 e. The van der Waals surface area contributed by atoms with E-state index < -0.39 is 10.0 Å². The van der Waals surface area contributed by atoms with E-state index in [1.54, 1.807) is 26.0 Å². The Morgan fingerprint density at radius 1 is 1.07 bits per heavy atom. The maximum absolute atomic E-state index is 12.7. The number of carbonyl (C=O) groups excluding carboxylic acids is 1. The molecule has 0 fully saturated rings. The molecule has 0 heterocycles. The van der Waals surface area contributed by atoms with E-state index in [-0.39, 0.29) is 28.9 Å². The molecule has 29 heavy (non-hydrogen) atoms. The van der Waals surface area contributed by atoms with Gasteiger partial charge in [0.1, 0.15) is 6.04 Å². The van der Waals surface area contributed by atoms with Gasteiger partial charge in [-0.1, -0.05) is 24.3 Å². The molecule has 1 amide bonds. The lowest BCUT2D eigenvalue weighted by Crippen LogP contribution is -2.92. The summed E-state index contributed by atoms with van der Waals surface area (Å²) in [7, 11) is -3.54. The number of rotatable bonds is 7. The Bertz CT molecular complexity index is 956. The van der Waals surface area contributed by atoms with Crippen molar-refractivity contribution in [2.75, 3.05) is 5.32 Å². The number of nitrogens with one attached hydrogen (secondary N) is 2. The summed E-state index contributed by atoms with van der Waals surface area (Å²) in [4.78, 5) is 12.8. The van der Waals surface area contributed by atoms with Crippen molar-refractivity contribution in [1.82, 2.24) is 4.72 Å². The zero-order valence-corrected chi connectivity index (χ0v) is 18.0. The van der Waals surface area contributed by atoms with Gasteiger partial charge in [-0.25, -0.2) is 13.1 Å². The third kappa shape index (κ3) is 5.44. The Hall–Kier alpha value is -2.22. The van der Waals surface area contributed by atoms with Gasteiger partial charge in [0.25, 0.3) is 5.91 Å². The summed E-state index contributed by atoms with van der Waals surface area (Å²) in [6.07, 6.45) is 3.29. The zero-order valence-electron chi connectivity index (χ0n) is 17.2. The van der Waals surface area contributed by atoms with Crippen LogP contribution in [0.1, 0.15) is 50.8 Å². The molecule has 0 aromatic heterocycles. The van der Waals surface area contributed by atoms with Crippen LogP contribution in [0.5, 0.6) is 0 Å². The summed E-state index contributed by atoms with van der Waals surface area (Å²) in [5.41, 5.74) is 3.29. The van der Waals surface area contributed by atoms with Gasteiger partial charge in [-0.15, -0.1) is 0 Å². The van der Waals surface area contributed by atoms with Gasteiger partial charge in [-0.2, -0.15) is 0 Å².